The van der Waals surface area contributed by atoms with Gasteiger partial charge in [-0.2, -0.15) is 0 Å². The van der Waals surface area contributed by atoms with Crippen molar-refractivity contribution in [2.24, 2.45) is 0 Å². The van der Waals surface area contributed by atoms with E-state index in [4.69, 9.17) is 9.47 Å². The number of nitrogens with one attached hydrogen (secondary N) is 1. The zero-order valence-electron chi connectivity index (χ0n) is 22.9. The van der Waals surface area contributed by atoms with Crippen molar-refractivity contribution >= 4 is 40.3 Å². The second-order valence-corrected chi connectivity index (χ2v) is 11.9. The molecule has 8 heteroatoms. The molecule has 1 amide bonds. The van der Waals surface area contributed by atoms with Crippen molar-refractivity contribution in [3.8, 4) is 28.4 Å². The van der Waals surface area contributed by atoms with Crippen LogP contribution >= 0.6 is 11.3 Å². The number of ether oxygens (including phenoxy) is 2. The van der Waals surface area contributed by atoms with Gasteiger partial charge in [-0.25, -0.2) is 0 Å². The zero-order chi connectivity index (χ0) is 27.5. The van der Waals surface area contributed by atoms with Crippen molar-refractivity contribution < 1.29 is 19.4 Å². The first-order valence-electron chi connectivity index (χ1n) is 13.2. The highest BCUT2D eigenvalue weighted by atomic mass is 32.1. The van der Waals surface area contributed by atoms with E-state index in [0.29, 0.717) is 28.4 Å². The molecule has 0 atom stereocenters. The molecular formula is C31H33N3O4S. The molecule has 0 aliphatic carbocycles. The number of carbonyl (C=O) groups is 1. The molecule has 202 valence electrons. The number of thiophene rings is 1. The van der Waals surface area contributed by atoms with Gasteiger partial charge >= 0.3 is 0 Å². The third kappa shape index (κ3) is 4.37. The summed E-state index contributed by atoms with van der Waals surface area (Å²) in [4.78, 5) is 18.6. The van der Waals surface area contributed by atoms with Crippen molar-refractivity contribution in [1.29, 1.82) is 0 Å². The molecule has 0 radical (unpaired) electrons. The van der Waals surface area contributed by atoms with Gasteiger partial charge in [-0.05, 0) is 69.1 Å². The molecule has 0 bridgehead atoms. The maximum absolute atomic E-state index is 13.5. The van der Waals surface area contributed by atoms with Crippen LogP contribution in [0.25, 0.3) is 28.5 Å². The van der Waals surface area contributed by atoms with E-state index in [1.165, 1.54) is 11.3 Å². The molecule has 3 aliphatic heterocycles. The molecule has 0 unspecified atom stereocenters. The fourth-order valence-corrected chi connectivity index (χ4v) is 6.67. The van der Waals surface area contributed by atoms with Crippen LogP contribution in [-0.4, -0.2) is 66.7 Å². The highest BCUT2D eigenvalue weighted by molar-refractivity contribution is 7.11. The van der Waals surface area contributed by atoms with E-state index in [-0.39, 0.29) is 17.2 Å². The third-order valence-corrected chi connectivity index (χ3v) is 8.51. The lowest BCUT2D eigenvalue weighted by Crippen LogP contribution is -2.47. The summed E-state index contributed by atoms with van der Waals surface area (Å²) < 4.78 is 12.2. The number of nitrogens with zero attached hydrogens (tertiary/aromatic N) is 2. The number of benzene rings is 2. The van der Waals surface area contributed by atoms with Gasteiger partial charge in [-0.1, -0.05) is 12.1 Å². The molecule has 3 aromatic rings. The Morgan fingerprint density at radius 1 is 1.10 bits per heavy atom. The van der Waals surface area contributed by atoms with Gasteiger partial charge in [-0.15, -0.1) is 11.3 Å². The first-order chi connectivity index (χ1) is 18.7. The Morgan fingerprint density at radius 2 is 1.87 bits per heavy atom. The SMILES string of the molecule is COc1c(O)ccc2c1-c1ccc3c(c1/C(=C/c1sccc1C(=O)N1CCN(C)CC1)O2)C(C)=CC(C)(C)N3. The first kappa shape index (κ1) is 25.5. The Bertz CT molecular complexity index is 1540. The van der Waals surface area contributed by atoms with Crippen molar-refractivity contribution in [3.05, 3.63) is 63.4 Å². The van der Waals surface area contributed by atoms with Crippen LogP contribution in [0.15, 0.2) is 41.8 Å². The summed E-state index contributed by atoms with van der Waals surface area (Å²) in [5.74, 6) is 1.74. The number of piperazine rings is 1. The molecule has 1 saturated heterocycles. The minimum absolute atomic E-state index is 0.0498. The van der Waals surface area contributed by atoms with Crippen LogP contribution in [0.2, 0.25) is 0 Å². The summed E-state index contributed by atoms with van der Waals surface area (Å²) >= 11 is 1.53. The van der Waals surface area contributed by atoms with Crippen LogP contribution < -0.4 is 14.8 Å². The van der Waals surface area contributed by atoms with Crippen molar-refractivity contribution in [3.63, 3.8) is 0 Å². The number of hydrogen-bond donors (Lipinski definition) is 2. The predicted octanol–water partition coefficient (Wildman–Crippen LogP) is 6.01. The monoisotopic (exact) mass is 543 g/mol. The average molecular weight is 544 g/mol. The van der Waals surface area contributed by atoms with E-state index in [2.05, 4.69) is 56.2 Å². The molecule has 3 aliphatic rings. The van der Waals surface area contributed by atoms with Gasteiger partial charge in [0, 0.05) is 53.4 Å². The number of amides is 1. The number of fused-ring (bicyclic) bond motifs is 5. The lowest BCUT2D eigenvalue weighted by Gasteiger charge is -2.35. The van der Waals surface area contributed by atoms with E-state index in [1.54, 1.807) is 19.2 Å². The quantitative estimate of drug-likeness (QED) is 0.421. The minimum Gasteiger partial charge on any atom is -0.504 e. The highest BCUT2D eigenvalue weighted by Gasteiger charge is 2.34. The third-order valence-electron chi connectivity index (χ3n) is 7.65. The van der Waals surface area contributed by atoms with Gasteiger partial charge < -0.3 is 29.7 Å². The second-order valence-electron chi connectivity index (χ2n) is 11.0. The summed E-state index contributed by atoms with van der Waals surface area (Å²) in [5, 5.41) is 16.2. The van der Waals surface area contributed by atoms with E-state index in [9.17, 15) is 9.90 Å². The molecule has 4 heterocycles. The maximum atomic E-state index is 13.5. The molecule has 6 rings (SSSR count). The highest BCUT2D eigenvalue weighted by Crippen LogP contribution is 2.54. The summed E-state index contributed by atoms with van der Waals surface area (Å²) in [6.07, 6.45) is 4.21. The average Bonchev–Trinajstić information content (AvgIpc) is 3.36. The topological polar surface area (TPSA) is 74.3 Å². The maximum Gasteiger partial charge on any atom is 0.255 e. The normalized spacial score (nSPS) is 18.8. The molecule has 0 spiro atoms. The number of hydrogen-bond acceptors (Lipinski definition) is 7. The molecule has 1 fully saturated rings. The Kier molecular flexibility index (Phi) is 6.19. The number of anilines is 1. The summed E-state index contributed by atoms with van der Waals surface area (Å²) in [5.41, 5.74) is 6.20. The Balaban J connectivity index is 1.53. The van der Waals surface area contributed by atoms with E-state index >= 15 is 0 Å². The number of phenols is 1. The van der Waals surface area contributed by atoms with E-state index < -0.39 is 0 Å². The number of allylic oxidation sites excluding steroid dienone is 1. The first-order valence-corrected chi connectivity index (χ1v) is 14.1. The van der Waals surface area contributed by atoms with Gasteiger partial charge in [0.05, 0.1) is 23.8 Å². The number of rotatable bonds is 3. The molecule has 2 aromatic carbocycles. The fraction of sp³-hybridized carbons (Fsp3) is 0.323. The van der Waals surface area contributed by atoms with Crippen LogP contribution in [0.4, 0.5) is 5.69 Å². The van der Waals surface area contributed by atoms with Crippen molar-refractivity contribution in [1.82, 2.24) is 9.80 Å². The minimum atomic E-state index is -0.200. The number of methoxy groups -OCH3 is 1. The number of phenolic OH excluding ortho intramolecular Hbond substituents is 1. The van der Waals surface area contributed by atoms with Gasteiger partial charge in [0.2, 0.25) is 0 Å². The van der Waals surface area contributed by atoms with Crippen LogP contribution in [0.3, 0.4) is 0 Å². The summed E-state index contributed by atoms with van der Waals surface area (Å²) in [6, 6.07) is 9.39. The van der Waals surface area contributed by atoms with Crippen LogP contribution in [0, 0.1) is 0 Å². The van der Waals surface area contributed by atoms with Crippen molar-refractivity contribution in [2.45, 2.75) is 26.3 Å². The standard InChI is InChI=1S/C31H33N3O4S/c1-18-17-31(2,3)32-21-7-6-20-27(26(18)21)24(38-23-9-8-22(35)29(37-5)28(20)23)16-25-19(10-15-39-25)30(36)34-13-11-33(4)12-14-34/h6-10,15-17,32,35H,11-14H2,1-5H3/b24-16-. The smallest absolute Gasteiger partial charge is 0.255 e. The number of likely N-dealkylation sites (N-methyl/N-ethyl adjacent to an activating group) is 1. The molecular weight excluding hydrogens is 510 g/mol. The molecule has 7 nitrogen and oxygen atoms in total. The number of carbonyl (C=O) groups excluding carboxylic acids is 1. The summed E-state index contributed by atoms with van der Waals surface area (Å²) in [6.45, 7) is 9.58. The van der Waals surface area contributed by atoms with E-state index in [1.807, 2.05) is 22.4 Å². The van der Waals surface area contributed by atoms with Crippen LogP contribution in [-0.2, 0) is 0 Å². The largest absolute Gasteiger partial charge is 0.504 e. The van der Waals surface area contributed by atoms with Crippen LogP contribution in [0.5, 0.6) is 17.2 Å². The number of aromatic hydroxyl groups is 1. The summed E-state index contributed by atoms with van der Waals surface area (Å²) in [7, 11) is 3.63. The fourth-order valence-electron chi connectivity index (χ4n) is 5.86. The Labute approximate surface area is 233 Å². The predicted molar refractivity (Wildman–Crippen MR) is 158 cm³/mol. The Hall–Kier alpha value is -3.75. The van der Waals surface area contributed by atoms with Gasteiger partial charge in [0.25, 0.3) is 5.91 Å². The molecule has 1 aromatic heterocycles. The van der Waals surface area contributed by atoms with Crippen molar-refractivity contribution in [2.75, 3.05) is 45.7 Å². The van der Waals surface area contributed by atoms with Crippen LogP contribution in [0.1, 0.15) is 47.1 Å². The lowest BCUT2D eigenvalue weighted by molar-refractivity contribution is 0.0664. The molecule has 39 heavy (non-hydrogen) atoms. The second kappa shape index (κ2) is 9.47. The molecule has 0 saturated carbocycles. The van der Waals surface area contributed by atoms with Gasteiger partial charge in [-0.3, -0.25) is 4.79 Å². The van der Waals surface area contributed by atoms with E-state index in [0.717, 1.165) is 59.0 Å². The zero-order valence-corrected chi connectivity index (χ0v) is 23.7. The van der Waals surface area contributed by atoms with Gasteiger partial charge in [0.15, 0.2) is 11.5 Å². The molecule has 2 N–H and O–H groups in total. The lowest BCUT2D eigenvalue weighted by atomic mass is 9.83. The van der Waals surface area contributed by atoms with Gasteiger partial charge in [0.1, 0.15) is 11.5 Å². The Morgan fingerprint density at radius 3 is 2.62 bits per heavy atom.